The summed E-state index contributed by atoms with van der Waals surface area (Å²) in [7, 11) is 0. The average Bonchev–Trinajstić information content (AvgIpc) is 2.62. The van der Waals surface area contributed by atoms with Gasteiger partial charge < -0.3 is 5.73 Å². The number of anilines is 1. The highest BCUT2D eigenvalue weighted by molar-refractivity contribution is 7.19. The third-order valence-corrected chi connectivity index (χ3v) is 3.88. The van der Waals surface area contributed by atoms with Crippen LogP contribution < -0.4 is 5.73 Å². The lowest BCUT2D eigenvalue weighted by Gasteiger charge is -2.20. The van der Waals surface area contributed by atoms with Crippen LogP contribution in [0.15, 0.2) is 6.07 Å². The maximum Gasteiger partial charge on any atom is 0.417 e. The summed E-state index contributed by atoms with van der Waals surface area (Å²) in [6.07, 6.45) is -4.54. The van der Waals surface area contributed by atoms with E-state index in [9.17, 15) is 13.2 Å². The molecule has 0 unspecified atom stereocenters. The van der Waals surface area contributed by atoms with Gasteiger partial charge in [-0.25, -0.2) is 4.98 Å². The number of hydrogen-bond acceptors (Lipinski definition) is 4. The number of alkyl halides is 3. The number of aromatic nitrogens is 1. The number of nitrogen functional groups attached to an aromatic ring is 1. The van der Waals surface area contributed by atoms with Crippen molar-refractivity contribution in [1.29, 1.82) is 5.26 Å². The topological polar surface area (TPSA) is 62.7 Å². The fourth-order valence-electron chi connectivity index (χ4n) is 1.81. The molecule has 3 nitrogen and oxygen atoms in total. The summed E-state index contributed by atoms with van der Waals surface area (Å²) in [5.41, 5.74) is 4.47. The number of nitriles is 1. The van der Waals surface area contributed by atoms with E-state index in [1.54, 1.807) is 20.8 Å². The number of rotatable bonds is 0. The van der Waals surface area contributed by atoms with Gasteiger partial charge in [-0.15, -0.1) is 11.3 Å². The van der Waals surface area contributed by atoms with Crippen LogP contribution in [0.25, 0.3) is 10.2 Å². The molecular weight excluding hydrogens is 287 g/mol. The Hall–Kier alpha value is -1.81. The van der Waals surface area contributed by atoms with E-state index >= 15 is 0 Å². The van der Waals surface area contributed by atoms with Gasteiger partial charge in [-0.1, -0.05) is 20.8 Å². The number of pyridine rings is 1. The van der Waals surface area contributed by atoms with E-state index in [1.165, 1.54) is 0 Å². The molecule has 0 amide bonds. The van der Waals surface area contributed by atoms with Gasteiger partial charge in [-0.05, 0) is 6.07 Å². The highest BCUT2D eigenvalue weighted by Gasteiger charge is 2.36. The first-order valence-corrected chi connectivity index (χ1v) is 6.58. The van der Waals surface area contributed by atoms with Crippen LogP contribution >= 0.6 is 11.3 Å². The van der Waals surface area contributed by atoms with Gasteiger partial charge in [0.05, 0.1) is 11.3 Å². The minimum Gasteiger partial charge on any atom is -0.396 e. The summed E-state index contributed by atoms with van der Waals surface area (Å²) in [6, 6.07) is 2.83. The second-order valence-corrected chi connectivity index (χ2v) is 6.44. The van der Waals surface area contributed by atoms with Crippen LogP contribution in [0.5, 0.6) is 0 Å². The highest BCUT2D eigenvalue weighted by atomic mass is 32.1. The summed E-state index contributed by atoms with van der Waals surface area (Å²) >= 11 is 0.887. The molecule has 0 bridgehead atoms. The van der Waals surface area contributed by atoms with E-state index in [1.807, 2.05) is 6.07 Å². The van der Waals surface area contributed by atoms with E-state index in [2.05, 4.69) is 4.98 Å². The number of thiophene rings is 1. The van der Waals surface area contributed by atoms with Crippen molar-refractivity contribution < 1.29 is 13.2 Å². The van der Waals surface area contributed by atoms with Crippen molar-refractivity contribution in [1.82, 2.24) is 4.98 Å². The molecule has 0 aliphatic carbocycles. The molecule has 0 atom stereocenters. The Morgan fingerprint density at radius 3 is 2.35 bits per heavy atom. The number of nitrogens with zero attached hydrogens (tertiary/aromatic N) is 2. The summed E-state index contributed by atoms with van der Waals surface area (Å²) in [4.78, 5) is 4.45. The molecule has 2 rings (SSSR count). The van der Waals surface area contributed by atoms with E-state index < -0.39 is 17.2 Å². The lowest BCUT2D eigenvalue weighted by atomic mass is 9.90. The Morgan fingerprint density at radius 1 is 1.30 bits per heavy atom. The van der Waals surface area contributed by atoms with Gasteiger partial charge in [0, 0.05) is 16.5 Å². The molecule has 7 heteroatoms. The lowest BCUT2D eigenvalue weighted by molar-refractivity contribution is -0.136. The Labute approximate surface area is 117 Å². The predicted octanol–water partition coefficient (Wildman–Crippen LogP) is 4.07. The molecule has 0 spiro atoms. The Bertz CT molecular complexity index is 717. The normalized spacial score (nSPS) is 12.7. The Balaban J connectivity index is 2.93. The van der Waals surface area contributed by atoms with Gasteiger partial charge in [-0.2, -0.15) is 18.4 Å². The Morgan fingerprint density at radius 2 is 1.90 bits per heavy atom. The zero-order chi connectivity index (χ0) is 15.3. The molecular formula is C13H12F3N3S. The molecule has 2 aromatic rings. The molecule has 0 aliphatic rings. The van der Waals surface area contributed by atoms with Crippen LogP contribution in [0.4, 0.5) is 18.9 Å². The quantitative estimate of drug-likeness (QED) is 0.797. The minimum absolute atomic E-state index is 0.0593. The van der Waals surface area contributed by atoms with Gasteiger partial charge in [-0.3, -0.25) is 0 Å². The van der Waals surface area contributed by atoms with Crippen molar-refractivity contribution >= 4 is 27.2 Å². The van der Waals surface area contributed by atoms with Crippen LogP contribution in [0.3, 0.4) is 0 Å². The summed E-state index contributed by atoms with van der Waals surface area (Å²) in [5.74, 6) is 0. The zero-order valence-electron chi connectivity index (χ0n) is 11.1. The van der Waals surface area contributed by atoms with Crippen molar-refractivity contribution in [2.24, 2.45) is 0 Å². The van der Waals surface area contributed by atoms with Crippen molar-refractivity contribution in [3.8, 4) is 6.07 Å². The zero-order valence-corrected chi connectivity index (χ0v) is 11.9. The smallest absolute Gasteiger partial charge is 0.396 e. The second-order valence-electron chi connectivity index (χ2n) is 5.44. The van der Waals surface area contributed by atoms with Gasteiger partial charge in [0.1, 0.15) is 15.8 Å². The number of hydrogen-bond donors (Lipinski definition) is 1. The van der Waals surface area contributed by atoms with Crippen molar-refractivity contribution in [3.63, 3.8) is 0 Å². The highest BCUT2D eigenvalue weighted by Crippen LogP contribution is 2.43. The molecule has 0 saturated carbocycles. The van der Waals surface area contributed by atoms with E-state index in [0.29, 0.717) is 5.69 Å². The fraction of sp³-hybridized carbons (Fsp3) is 0.385. The van der Waals surface area contributed by atoms with Crippen molar-refractivity contribution in [2.75, 3.05) is 5.73 Å². The van der Waals surface area contributed by atoms with E-state index in [-0.39, 0.29) is 20.8 Å². The number of nitrogens with two attached hydrogens (primary N) is 1. The molecule has 20 heavy (non-hydrogen) atoms. The van der Waals surface area contributed by atoms with Gasteiger partial charge in [0.25, 0.3) is 0 Å². The molecule has 0 saturated heterocycles. The first kappa shape index (κ1) is 14.6. The second kappa shape index (κ2) is 4.35. The summed E-state index contributed by atoms with van der Waals surface area (Å²) in [6.45, 7) is 5.34. The van der Waals surface area contributed by atoms with E-state index in [0.717, 1.165) is 17.4 Å². The van der Waals surface area contributed by atoms with Gasteiger partial charge in [0.2, 0.25) is 0 Å². The first-order valence-electron chi connectivity index (χ1n) is 5.76. The van der Waals surface area contributed by atoms with Crippen LogP contribution in [0, 0.1) is 11.3 Å². The number of fused-ring (bicyclic) bond motifs is 1. The SMILES string of the molecule is CC(C)(C)c1cc(C(F)(F)F)c2c(N)c(C#N)sc2n1. The molecule has 0 fully saturated rings. The van der Waals surface area contributed by atoms with Gasteiger partial charge >= 0.3 is 6.18 Å². The molecule has 0 aliphatic heterocycles. The first-order chi connectivity index (χ1) is 9.05. The van der Waals surface area contributed by atoms with Gasteiger partial charge in [0.15, 0.2) is 0 Å². The molecule has 2 N–H and O–H groups in total. The molecule has 0 aromatic carbocycles. The average molecular weight is 299 g/mol. The minimum atomic E-state index is -4.54. The summed E-state index contributed by atoms with van der Waals surface area (Å²) < 4.78 is 39.7. The summed E-state index contributed by atoms with van der Waals surface area (Å²) in [5, 5.41) is 8.74. The molecule has 2 aromatic heterocycles. The largest absolute Gasteiger partial charge is 0.417 e. The van der Waals surface area contributed by atoms with E-state index in [4.69, 9.17) is 11.0 Å². The molecule has 2 heterocycles. The van der Waals surface area contributed by atoms with Crippen LogP contribution in [-0.2, 0) is 11.6 Å². The molecule has 106 valence electrons. The maximum absolute atomic E-state index is 13.2. The number of halogens is 3. The monoisotopic (exact) mass is 299 g/mol. The Kier molecular flexibility index (Phi) is 3.17. The predicted molar refractivity (Wildman–Crippen MR) is 72.4 cm³/mol. The molecule has 0 radical (unpaired) electrons. The maximum atomic E-state index is 13.2. The van der Waals surface area contributed by atoms with Crippen molar-refractivity contribution in [3.05, 3.63) is 22.2 Å². The third-order valence-electron chi connectivity index (χ3n) is 2.87. The standard InChI is InChI=1S/C13H12F3N3S/c1-12(2,3)8-4-6(13(14,15)16)9-10(18)7(5-17)20-11(9)19-8/h4H,18H2,1-3H3. The van der Waals surface area contributed by atoms with Crippen LogP contribution in [0.1, 0.15) is 36.9 Å². The van der Waals surface area contributed by atoms with Crippen molar-refractivity contribution in [2.45, 2.75) is 32.4 Å². The fourth-order valence-corrected chi connectivity index (χ4v) is 2.73. The van der Waals surface area contributed by atoms with Crippen LogP contribution in [-0.4, -0.2) is 4.98 Å². The third kappa shape index (κ3) is 2.31. The van der Waals surface area contributed by atoms with Crippen LogP contribution in [0.2, 0.25) is 0 Å². The lowest BCUT2D eigenvalue weighted by Crippen LogP contribution is -2.16.